The Labute approximate surface area is 166 Å². The quantitative estimate of drug-likeness (QED) is 0.577. The Bertz CT molecular complexity index is 951. The standard InChI is InChI=1S/C24H28N2O2/c1-27-18-11-9-17(10-12-18)6-5-15-25-24-20-7-3-4-8-22(20)26-23-14-13-19(28-2)16-21(23)24/h9-14,16H,3-8,15H2,1-2H3,(H,25,26). The first kappa shape index (κ1) is 18.6. The molecule has 28 heavy (non-hydrogen) atoms. The van der Waals surface area contributed by atoms with Gasteiger partial charge in [0.05, 0.1) is 19.7 Å². The Kier molecular flexibility index (Phi) is 5.65. The molecule has 0 saturated carbocycles. The molecule has 1 aliphatic rings. The van der Waals surface area contributed by atoms with Crippen LogP contribution in [0.5, 0.6) is 11.5 Å². The van der Waals surface area contributed by atoms with Gasteiger partial charge in [-0.2, -0.15) is 0 Å². The molecule has 0 aliphatic heterocycles. The van der Waals surface area contributed by atoms with E-state index in [1.165, 1.54) is 40.7 Å². The summed E-state index contributed by atoms with van der Waals surface area (Å²) in [5, 5.41) is 4.91. The van der Waals surface area contributed by atoms with Crippen molar-refractivity contribution in [3.8, 4) is 11.5 Å². The molecule has 1 heterocycles. The second-order valence-electron chi connectivity index (χ2n) is 7.38. The number of fused-ring (bicyclic) bond motifs is 2. The number of benzene rings is 2. The Balaban J connectivity index is 1.52. The van der Waals surface area contributed by atoms with Crippen molar-refractivity contribution < 1.29 is 9.47 Å². The molecular weight excluding hydrogens is 348 g/mol. The van der Waals surface area contributed by atoms with Gasteiger partial charge in [0, 0.05) is 23.3 Å². The van der Waals surface area contributed by atoms with E-state index in [0.29, 0.717) is 0 Å². The van der Waals surface area contributed by atoms with Crippen LogP contribution in [0.2, 0.25) is 0 Å². The van der Waals surface area contributed by atoms with Crippen LogP contribution in [0.15, 0.2) is 42.5 Å². The summed E-state index contributed by atoms with van der Waals surface area (Å²) in [4.78, 5) is 4.94. The highest BCUT2D eigenvalue weighted by Crippen LogP contribution is 2.35. The first-order valence-electron chi connectivity index (χ1n) is 10.1. The number of pyridine rings is 1. The number of aromatic nitrogens is 1. The van der Waals surface area contributed by atoms with E-state index in [2.05, 4.69) is 29.6 Å². The van der Waals surface area contributed by atoms with E-state index in [4.69, 9.17) is 14.5 Å². The molecule has 0 unspecified atom stereocenters. The first-order chi connectivity index (χ1) is 13.8. The maximum Gasteiger partial charge on any atom is 0.119 e. The fourth-order valence-corrected chi connectivity index (χ4v) is 4.03. The van der Waals surface area contributed by atoms with Crippen molar-refractivity contribution in [2.45, 2.75) is 38.5 Å². The molecule has 1 N–H and O–H groups in total. The van der Waals surface area contributed by atoms with E-state index in [0.717, 1.165) is 49.2 Å². The van der Waals surface area contributed by atoms with Crippen molar-refractivity contribution in [2.24, 2.45) is 0 Å². The number of hydrogen-bond acceptors (Lipinski definition) is 4. The molecule has 4 rings (SSSR count). The van der Waals surface area contributed by atoms with Crippen LogP contribution in [0.4, 0.5) is 5.69 Å². The van der Waals surface area contributed by atoms with E-state index >= 15 is 0 Å². The number of rotatable bonds is 7. The van der Waals surface area contributed by atoms with Gasteiger partial charge in [-0.3, -0.25) is 4.98 Å². The van der Waals surface area contributed by atoms with Gasteiger partial charge in [0.1, 0.15) is 11.5 Å². The maximum absolute atomic E-state index is 5.46. The van der Waals surface area contributed by atoms with Crippen LogP contribution in [-0.2, 0) is 19.3 Å². The molecule has 0 radical (unpaired) electrons. The van der Waals surface area contributed by atoms with Crippen LogP contribution in [0.1, 0.15) is 36.1 Å². The lowest BCUT2D eigenvalue weighted by atomic mass is 9.92. The maximum atomic E-state index is 5.46. The Morgan fingerprint density at radius 1 is 0.929 bits per heavy atom. The third-order valence-electron chi connectivity index (χ3n) is 5.57. The molecule has 0 fully saturated rings. The monoisotopic (exact) mass is 376 g/mol. The van der Waals surface area contributed by atoms with E-state index in [1.807, 2.05) is 18.2 Å². The topological polar surface area (TPSA) is 43.4 Å². The molecule has 4 nitrogen and oxygen atoms in total. The first-order valence-corrected chi connectivity index (χ1v) is 10.1. The number of nitrogens with one attached hydrogen (secondary N) is 1. The molecular formula is C24H28N2O2. The minimum absolute atomic E-state index is 0.881. The number of nitrogens with zero attached hydrogens (tertiary/aromatic N) is 1. The fourth-order valence-electron chi connectivity index (χ4n) is 4.03. The summed E-state index contributed by atoms with van der Waals surface area (Å²) < 4.78 is 10.7. The Hall–Kier alpha value is -2.75. The van der Waals surface area contributed by atoms with Gasteiger partial charge in [0.15, 0.2) is 0 Å². The molecule has 3 aromatic rings. The number of methoxy groups -OCH3 is 2. The minimum atomic E-state index is 0.881. The zero-order valence-electron chi connectivity index (χ0n) is 16.8. The van der Waals surface area contributed by atoms with Gasteiger partial charge in [-0.1, -0.05) is 12.1 Å². The lowest BCUT2D eigenvalue weighted by molar-refractivity contribution is 0.414. The van der Waals surface area contributed by atoms with Crippen molar-refractivity contribution in [3.63, 3.8) is 0 Å². The van der Waals surface area contributed by atoms with Gasteiger partial charge in [0.2, 0.25) is 0 Å². The SMILES string of the molecule is COc1ccc(CCCNc2c3c(nc4ccc(OC)cc24)CCCC3)cc1. The highest BCUT2D eigenvalue weighted by atomic mass is 16.5. The van der Waals surface area contributed by atoms with Gasteiger partial charge in [-0.25, -0.2) is 0 Å². The van der Waals surface area contributed by atoms with Gasteiger partial charge in [-0.05, 0) is 80.0 Å². The van der Waals surface area contributed by atoms with Gasteiger partial charge >= 0.3 is 0 Å². The number of aryl methyl sites for hydroxylation is 2. The normalized spacial score (nSPS) is 13.2. The summed E-state index contributed by atoms with van der Waals surface area (Å²) in [7, 11) is 3.42. The lowest BCUT2D eigenvalue weighted by Gasteiger charge is -2.22. The second kappa shape index (κ2) is 8.51. The third kappa shape index (κ3) is 3.91. The summed E-state index contributed by atoms with van der Waals surface area (Å²) in [5.41, 5.74) is 6.32. The second-order valence-corrected chi connectivity index (χ2v) is 7.38. The van der Waals surface area contributed by atoms with E-state index in [1.54, 1.807) is 14.2 Å². The van der Waals surface area contributed by atoms with E-state index < -0.39 is 0 Å². The van der Waals surface area contributed by atoms with E-state index in [-0.39, 0.29) is 0 Å². The molecule has 1 aromatic heterocycles. The lowest BCUT2D eigenvalue weighted by Crippen LogP contribution is -2.12. The van der Waals surface area contributed by atoms with Crippen LogP contribution in [0.25, 0.3) is 10.9 Å². The molecule has 0 bridgehead atoms. The summed E-state index contributed by atoms with van der Waals surface area (Å²) in [6.07, 6.45) is 6.79. The van der Waals surface area contributed by atoms with E-state index in [9.17, 15) is 0 Å². The van der Waals surface area contributed by atoms with Crippen LogP contribution in [-0.4, -0.2) is 25.7 Å². The molecule has 4 heteroatoms. The fraction of sp³-hybridized carbons (Fsp3) is 0.375. The number of ether oxygens (including phenoxy) is 2. The predicted molar refractivity (Wildman–Crippen MR) is 115 cm³/mol. The van der Waals surface area contributed by atoms with Crippen LogP contribution >= 0.6 is 0 Å². The summed E-state index contributed by atoms with van der Waals surface area (Å²) in [6.45, 7) is 0.939. The van der Waals surface area contributed by atoms with Crippen molar-refractivity contribution >= 4 is 16.6 Å². The average molecular weight is 377 g/mol. The Morgan fingerprint density at radius 2 is 1.68 bits per heavy atom. The number of anilines is 1. The largest absolute Gasteiger partial charge is 0.497 e. The molecule has 0 atom stereocenters. The van der Waals surface area contributed by atoms with Gasteiger partial charge < -0.3 is 14.8 Å². The highest BCUT2D eigenvalue weighted by molar-refractivity contribution is 5.94. The van der Waals surface area contributed by atoms with Gasteiger partial charge in [0.25, 0.3) is 0 Å². The summed E-state index contributed by atoms with van der Waals surface area (Å²) in [6, 6.07) is 14.5. The molecule has 0 saturated heterocycles. The Morgan fingerprint density at radius 3 is 2.46 bits per heavy atom. The molecule has 0 amide bonds. The smallest absolute Gasteiger partial charge is 0.119 e. The molecule has 0 spiro atoms. The molecule has 2 aromatic carbocycles. The van der Waals surface area contributed by atoms with Gasteiger partial charge in [-0.15, -0.1) is 0 Å². The van der Waals surface area contributed by atoms with Crippen molar-refractivity contribution in [1.82, 2.24) is 4.98 Å². The van der Waals surface area contributed by atoms with Crippen molar-refractivity contribution in [3.05, 3.63) is 59.3 Å². The minimum Gasteiger partial charge on any atom is -0.497 e. The zero-order valence-corrected chi connectivity index (χ0v) is 16.8. The van der Waals surface area contributed by atoms with Crippen molar-refractivity contribution in [1.29, 1.82) is 0 Å². The molecule has 1 aliphatic carbocycles. The summed E-state index contributed by atoms with van der Waals surface area (Å²) in [5.74, 6) is 1.79. The molecule has 146 valence electrons. The predicted octanol–water partition coefficient (Wildman–Crippen LogP) is 5.18. The average Bonchev–Trinajstić information content (AvgIpc) is 2.76. The third-order valence-corrected chi connectivity index (χ3v) is 5.57. The zero-order chi connectivity index (χ0) is 19.3. The van der Waals surface area contributed by atoms with Crippen LogP contribution in [0.3, 0.4) is 0 Å². The summed E-state index contributed by atoms with van der Waals surface area (Å²) >= 11 is 0. The van der Waals surface area contributed by atoms with Crippen LogP contribution < -0.4 is 14.8 Å². The highest BCUT2D eigenvalue weighted by Gasteiger charge is 2.18. The van der Waals surface area contributed by atoms with Crippen LogP contribution in [0, 0.1) is 0 Å². The van der Waals surface area contributed by atoms with Crippen molar-refractivity contribution in [2.75, 3.05) is 26.1 Å². The number of hydrogen-bond donors (Lipinski definition) is 1.